The highest BCUT2D eigenvalue weighted by Crippen LogP contribution is 2.53. The standard InChI is InChI=1S/C28H37N3O3S/c1-19-4-8-24(32)17-25(19)27-10-13-30(26(33)9-7-23-16-20(2)35-29-23)15-12-28(27,34)21(3)31(14-11-27)18-22-5-6-22/h4,7-9,16-17,21-22,32,34H,5-6,10-15,18H2,1-3H3/b9-7+. The van der Waals surface area contributed by atoms with Gasteiger partial charge in [-0.2, -0.15) is 4.37 Å². The maximum absolute atomic E-state index is 13.2. The van der Waals surface area contributed by atoms with Crippen molar-refractivity contribution in [1.29, 1.82) is 0 Å². The molecule has 3 aliphatic rings. The summed E-state index contributed by atoms with van der Waals surface area (Å²) < 4.78 is 4.35. The summed E-state index contributed by atoms with van der Waals surface area (Å²) in [5.74, 6) is 0.941. The van der Waals surface area contributed by atoms with Gasteiger partial charge in [0.25, 0.3) is 0 Å². The van der Waals surface area contributed by atoms with Gasteiger partial charge in [-0.15, -0.1) is 0 Å². The molecule has 3 atom stereocenters. The Balaban J connectivity index is 1.47. The maximum Gasteiger partial charge on any atom is 0.246 e. The number of fused-ring (bicyclic) bond motifs is 1. The van der Waals surface area contributed by atoms with Crippen LogP contribution in [-0.4, -0.2) is 68.1 Å². The summed E-state index contributed by atoms with van der Waals surface area (Å²) in [5, 5.41) is 23.0. The lowest BCUT2D eigenvalue weighted by Crippen LogP contribution is -2.68. The zero-order chi connectivity index (χ0) is 24.8. The summed E-state index contributed by atoms with van der Waals surface area (Å²) in [7, 11) is 0. The molecule has 2 aliphatic heterocycles. The van der Waals surface area contributed by atoms with E-state index >= 15 is 0 Å². The van der Waals surface area contributed by atoms with Gasteiger partial charge in [-0.3, -0.25) is 9.69 Å². The molecule has 1 aliphatic carbocycles. The highest BCUT2D eigenvalue weighted by atomic mass is 32.1. The van der Waals surface area contributed by atoms with E-state index in [1.54, 1.807) is 18.2 Å². The smallest absolute Gasteiger partial charge is 0.246 e. The minimum atomic E-state index is -0.997. The highest BCUT2D eigenvalue weighted by Gasteiger charge is 2.59. The van der Waals surface area contributed by atoms with Crippen LogP contribution in [0.3, 0.4) is 0 Å². The van der Waals surface area contributed by atoms with E-state index in [-0.39, 0.29) is 17.7 Å². The van der Waals surface area contributed by atoms with Crippen molar-refractivity contribution >= 4 is 23.5 Å². The summed E-state index contributed by atoms with van der Waals surface area (Å²) in [6, 6.07) is 7.47. The monoisotopic (exact) mass is 495 g/mol. The molecule has 0 radical (unpaired) electrons. The second-order valence-corrected chi connectivity index (χ2v) is 11.9. The molecule has 35 heavy (non-hydrogen) atoms. The lowest BCUT2D eigenvalue weighted by Gasteiger charge is -2.57. The highest BCUT2D eigenvalue weighted by molar-refractivity contribution is 7.05. The minimum Gasteiger partial charge on any atom is -0.508 e. The second kappa shape index (κ2) is 9.34. The Kier molecular flexibility index (Phi) is 6.53. The van der Waals surface area contributed by atoms with Crippen molar-refractivity contribution in [3.63, 3.8) is 0 Å². The van der Waals surface area contributed by atoms with E-state index in [1.165, 1.54) is 24.4 Å². The predicted molar refractivity (Wildman–Crippen MR) is 140 cm³/mol. The fourth-order valence-electron chi connectivity index (χ4n) is 6.44. The van der Waals surface area contributed by atoms with Gasteiger partial charge in [0.15, 0.2) is 0 Å². The molecule has 1 amide bonds. The lowest BCUT2D eigenvalue weighted by atomic mass is 9.57. The molecule has 2 aromatic rings. The topological polar surface area (TPSA) is 76.9 Å². The first-order valence-corrected chi connectivity index (χ1v) is 13.7. The van der Waals surface area contributed by atoms with Crippen LogP contribution in [0.15, 0.2) is 30.3 Å². The van der Waals surface area contributed by atoms with Crippen LogP contribution in [0, 0.1) is 19.8 Å². The van der Waals surface area contributed by atoms with E-state index in [0.29, 0.717) is 25.9 Å². The fraction of sp³-hybridized carbons (Fsp3) is 0.571. The van der Waals surface area contributed by atoms with Crippen molar-refractivity contribution in [2.45, 2.75) is 69.9 Å². The van der Waals surface area contributed by atoms with E-state index < -0.39 is 11.0 Å². The Morgan fingerprint density at radius 1 is 1.17 bits per heavy atom. The molecule has 3 fully saturated rings. The van der Waals surface area contributed by atoms with Crippen molar-refractivity contribution in [2.24, 2.45) is 5.92 Å². The third-order valence-electron chi connectivity index (χ3n) is 8.75. The molecule has 2 N–H and O–H groups in total. The Labute approximate surface area is 212 Å². The first-order chi connectivity index (χ1) is 16.7. The van der Waals surface area contributed by atoms with Crippen LogP contribution in [0.1, 0.15) is 60.7 Å². The molecule has 1 aromatic heterocycles. The zero-order valence-corrected chi connectivity index (χ0v) is 21.9. The molecule has 1 saturated carbocycles. The number of hydrogen-bond donors (Lipinski definition) is 2. The van der Waals surface area contributed by atoms with Gasteiger partial charge in [-0.1, -0.05) is 6.07 Å². The van der Waals surface area contributed by atoms with E-state index in [9.17, 15) is 15.0 Å². The zero-order valence-electron chi connectivity index (χ0n) is 21.0. The van der Waals surface area contributed by atoms with Gasteiger partial charge in [0.1, 0.15) is 5.75 Å². The molecule has 2 saturated heterocycles. The average molecular weight is 496 g/mol. The predicted octanol–water partition coefficient (Wildman–Crippen LogP) is 4.27. The van der Waals surface area contributed by atoms with Gasteiger partial charge < -0.3 is 15.1 Å². The first-order valence-electron chi connectivity index (χ1n) is 12.9. The Morgan fingerprint density at radius 3 is 2.63 bits per heavy atom. The van der Waals surface area contributed by atoms with Crippen molar-refractivity contribution in [2.75, 3.05) is 26.2 Å². The van der Waals surface area contributed by atoms with Crippen molar-refractivity contribution in [3.05, 3.63) is 52.0 Å². The molecule has 0 spiro atoms. The van der Waals surface area contributed by atoms with Crippen molar-refractivity contribution in [1.82, 2.24) is 14.2 Å². The third-order valence-corrected chi connectivity index (χ3v) is 9.45. The number of nitrogens with zero attached hydrogens (tertiary/aromatic N) is 3. The van der Waals surface area contributed by atoms with Crippen LogP contribution in [-0.2, 0) is 10.2 Å². The van der Waals surface area contributed by atoms with Gasteiger partial charge in [-0.25, -0.2) is 0 Å². The van der Waals surface area contributed by atoms with Crippen LogP contribution in [0.4, 0.5) is 0 Å². The number of likely N-dealkylation sites (tertiary alicyclic amines) is 2. The van der Waals surface area contributed by atoms with Crippen LogP contribution >= 0.6 is 11.5 Å². The molecule has 1 aromatic carbocycles. The lowest BCUT2D eigenvalue weighted by molar-refractivity contribution is -0.137. The van der Waals surface area contributed by atoms with Crippen LogP contribution in [0.25, 0.3) is 6.08 Å². The Hall–Kier alpha value is -2.22. The van der Waals surface area contributed by atoms with Gasteiger partial charge in [0, 0.05) is 42.0 Å². The van der Waals surface area contributed by atoms with Crippen molar-refractivity contribution in [3.8, 4) is 5.75 Å². The number of rotatable bonds is 5. The van der Waals surface area contributed by atoms with Gasteiger partial charge in [0.05, 0.1) is 11.3 Å². The normalized spacial score (nSPS) is 29.8. The van der Waals surface area contributed by atoms with Gasteiger partial charge in [-0.05, 0) is 112 Å². The summed E-state index contributed by atoms with van der Waals surface area (Å²) >= 11 is 1.43. The van der Waals surface area contributed by atoms with E-state index in [4.69, 9.17) is 0 Å². The quantitative estimate of drug-likeness (QED) is 0.606. The molecule has 5 rings (SSSR count). The number of benzene rings is 1. The van der Waals surface area contributed by atoms with Gasteiger partial charge in [0.2, 0.25) is 5.91 Å². The number of aliphatic hydroxyl groups is 1. The Bertz CT molecular complexity index is 1130. The number of carbonyl (C=O) groups is 1. The van der Waals surface area contributed by atoms with Gasteiger partial charge >= 0.3 is 0 Å². The number of amides is 1. The second-order valence-electron chi connectivity index (χ2n) is 10.9. The number of phenolic OH excluding ortho intramolecular Hbond substituents is 1. The number of phenols is 1. The van der Waals surface area contributed by atoms with E-state index in [2.05, 4.69) is 23.1 Å². The van der Waals surface area contributed by atoms with Crippen LogP contribution < -0.4 is 0 Å². The molecule has 0 bridgehead atoms. The first kappa shape index (κ1) is 24.5. The molecular weight excluding hydrogens is 458 g/mol. The minimum absolute atomic E-state index is 0.0258. The van der Waals surface area contributed by atoms with E-state index in [0.717, 1.165) is 47.1 Å². The third kappa shape index (κ3) is 4.54. The molecular formula is C28H37N3O3S. The average Bonchev–Trinajstić information content (AvgIpc) is 3.58. The van der Waals surface area contributed by atoms with Crippen LogP contribution in [0.2, 0.25) is 0 Å². The summed E-state index contributed by atoms with van der Waals surface area (Å²) in [6.07, 6.45) is 7.97. The van der Waals surface area contributed by atoms with E-state index in [1.807, 2.05) is 30.0 Å². The van der Waals surface area contributed by atoms with Crippen molar-refractivity contribution < 1.29 is 15.0 Å². The Morgan fingerprint density at radius 2 is 1.91 bits per heavy atom. The molecule has 7 heteroatoms. The number of aromatic nitrogens is 1. The number of aromatic hydroxyl groups is 1. The number of hydrogen-bond acceptors (Lipinski definition) is 6. The largest absolute Gasteiger partial charge is 0.508 e. The number of carbonyl (C=O) groups excluding carboxylic acids is 1. The molecule has 6 nitrogen and oxygen atoms in total. The van der Waals surface area contributed by atoms with Crippen LogP contribution in [0.5, 0.6) is 5.75 Å². The molecule has 188 valence electrons. The number of piperidine rings is 1. The SMILES string of the molecule is Cc1cc(/C=C/C(=O)N2CCC3(c4cc(O)ccc4C)CCN(CC4CC4)C(C)C3(O)CC2)ns1. The maximum atomic E-state index is 13.2. The summed E-state index contributed by atoms with van der Waals surface area (Å²) in [5.41, 5.74) is 1.41. The summed E-state index contributed by atoms with van der Waals surface area (Å²) in [4.78, 5) is 18.6. The number of aryl methyl sites for hydroxylation is 2. The molecule has 3 unspecified atom stereocenters. The fourth-order valence-corrected chi connectivity index (χ4v) is 6.97. The summed E-state index contributed by atoms with van der Waals surface area (Å²) in [6.45, 7) is 9.28. The molecule has 3 heterocycles.